The summed E-state index contributed by atoms with van der Waals surface area (Å²) in [5.74, 6) is 7.36. The lowest BCUT2D eigenvalue weighted by atomic mass is 10.1. The Kier molecular flexibility index (Phi) is 5.43. The number of carbonyl (C=O) groups is 1. The molecule has 134 valence electrons. The molecule has 8 heteroatoms. The Morgan fingerprint density at radius 2 is 2.04 bits per heavy atom. The molecule has 0 saturated heterocycles. The Bertz CT molecular complexity index is 925. The van der Waals surface area contributed by atoms with E-state index in [0.29, 0.717) is 22.4 Å². The third-order valence-electron chi connectivity index (χ3n) is 3.74. The van der Waals surface area contributed by atoms with Crippen molar-refractivity contribution < 1.29 is 9.53 Å². The summed E-state index contributed by atoms with van der Waals surface area (Å²) in [6, 6.07) is 15.0. The highest BCUT2D eigenvalue weighted by Gasteiger charge is 2.15. The number of nitrogen functional groups attached to an aromatic ring is 1. The molecule has 1 heterocycles. The molecule has 7 nitrogen and oxygen atoms in total. The minimum absolute atomic E-state index is 0.163. The van der Waals surface area contributed by atoms with Crippen LogP contribution in [0.1, 0.15) is 5.56 Å². The van der Waals surface area contributed by atoms with Crippen LogP contribution in [0.3, 0.4) is 0 Å². The van der Waals surface area contributed by atoms with Gasteiger partial charge in [0.2, 0.25) is 11.1 Å². The molecule has 0 bridgehead atoms. The van der Waals surface area contributed by atoms with Crippen LogP contribution in [-0.4, -0.2) is 33.6 Å². The summed E-state index contributed by atoms with van der Waals surface area (Å²) in [4.78, 5) is 12.2. The van der Waals surface area contributed by atoms with Crippen molar-refractivity contribution in [2.75, 3.05) is 24.0 Å². The van der Waals surface area contributed by atoms with E-state index in [1.54, 1.807) is 19.2 Å². The number of nitrogens with two attached hydrogens (primary N) is 1. The summed E-state index contributed by atoms with van der Waals surface area (Å²) in [6.45, 7) is 1.98. The van der Waals surface area contributed by atoms with E-state index in [0.717, 1.165) is 11.1 Å². The van der Waals surface area contributed by atoms with E-state index in [2.05, 4.69) is 15.5 Å². The van der Waals surface area contributed by atoms with Crippen LogP contribution in [0.2, 0.25) is 0 Å². The van der Waals surface area contributed by atoms with Gasteiger partial charge in [0.25, 0.3) is 0 Å². The summed E-state index contributed by atoms with van der Waals surface area (Å²) < 4.78 is 6.55. The van der Waals surface area contributed by atoms with Crippen LogP contribution in [0.4, 0.5) is 5.69 Å². The minimum Gasteiger partial charge on any atom is -0.497 e. The van der Waals surface area contributed by atoms with E-state index in [1.807, 2.05) is 43.3 Å². The average molecular weight is 369 g/mol. The fourth-order valence-electron chi connectivity index (χ4n) is 2.41. The van der Waals surface area contributed by atoms with Crippen LogP contribution in [0.25, 0.3) is 11.4 Å². The van der Waals surface area contributed by atoms with Crippen LogP contribution in [-0.2, 0) is 4.79 Å². The summed E-state index contributed by atoms with van der Waals surface area (Å²) >= 11 is 1.23. The number of aromatic nitrogens is 3. The number of hydrogen-bond donors (Lipinski definition) is 2. The van der Waals surface area contributed by atoms with Crippen LogP contribution >= 0.6 is 11.8 Å². The number of benzene rings is 2. The molecule has 3 rings (SSSR count). The highest BCUT2D eigenvalue weighted by atomic mass is 32.2. The average Bonchev–Trinajstić information content (AvgIpc) is 3.01. The summed E-state index contributed by atoms with van der Waals surface area (Å²) in [7, 11) is 1.58. The first kappa shape index (κ1) is 17.8. The lowest BCUT2D eigenvalue weighted by Gasteiger charge is -2.07. The number of nitrogens with zero attached hydrogens (tertiary/aromatic N) is 3. The molecule has 0 spiro atoms. The first-order chi connectivity index (χ1) is 12.6. The Morgan fingerprint density at radius 3 is 2.81 bits per heavy atom. The second-order valence-corrected chi connectivity index (χ2v) is 6.50. The zero-order valence-corrected chi connectivity index (χ0v) is 15.3. The molecule has 26 heavy (non-hydrogen) atoms. The normalized spacial score (nSPS) is 10.5. The number of rotatable bonds is 6. The standard InChI is InChI=1S/C18H19N5O2S/c1-12-6-3-4-9-15(12)17-21-22-18(23(17)19)26-11-16(24)20-13-7-5-8-14(10-13)25-2/h3-10H,11,19H2,1-2H3,(H,20,24). The fraction of sp³-hybridized carbons (Fsp3) is 0.167. The summed E-state index contributed by atoms with van der Waals surface area (Å²) in [5.41, 5.74) is 2.64. The summed E-state index contributed by atoms with van der Waals surface area (Å²) in [6.07, 6.45) is 0. The molecule has 1 amide bonds. The maximum Gasteiger partial charge on any atom is 0.234 e. The van der Waals surface area contributed by atoms with Crippen molar-refractivity contribution in [3.8, 4) is 17.1 Å². The molecule has 0 fully saturated rings. The van der Waals surface area contributed by atoms with Gasteiger partial charge >= 0.3 is 0 Å². The van der Waals surface area contributed by atoms with E-state index in [1.165, 1.54) is 16.4 Å². The van der Waals surface area contributed by atoms with Crippen molar-refractivity contribution >= 4 is 23.4 Å². The van der Waals surface area contributed by atoms with Gasteiger partial charge in [-0.05, 0) is 24.6 Å². The molecule has 0 aliphatic carbocycles. The third-order valence-corrected chi connectivity index (χ3v) is 4.68. The van der Waals surface area contributed by atoms with Crippen LogP contribution in [0, 0.1) is 6.92 Å². The number of aryl methyl sites for hydroxylation is 1. The van der Waals surface area contributed by atoms with E-state index in [-0.39, 0.29) is 11.7 Å². The minimum atomic E-state index is -0.163. The molecule has 0 radical (unpaired) electrons. The first-order valence-electron chi connectivity index (χ1n) is 7.91. The van der Waals surface area contributed by atoms with Gasteiger partial charge in [-0.15, -0.1) is 10.2 Å². The van der Waals surface area contributed by atoms with Gasteiger partial charge in [-0.2, -0.15) is 0 Å². The van der Waals surface area contributed by atoms with Gasteiger partial charge in [0.15, 0.2) is 5.82 Å². The van der Waals surface area contributed by atoms with Gasteiger partial charge in [0, 0.05) is 17.3 Å². The predicted octanol–water partition coefficient (Wildman–Crippen LogP) is 2.71. The molecule has 0 aliphatic heterocycles. The van der Waals surface area contributed by atoms with E-state index >= 15 is 0 Å². The van der Waals surface area contributed by atoms with Crippen molar-refractivity contribution in [1.82, 2.24) is 14.9 Å². The Morgan fingerprint density at radius 1 is 1.23 bits per heavy atom. The molecular formula is C18H19N5O2S. The zero-order valence-electron chi connectivity index (χ0n) is 14.5. The number of thioether (sulfide) groups is 1. The molecule has 0 aliphatic rings. The van der Waals surface area contributed by atoms with Gasteiger partial charge in [-0.3, -0.25) is 4.79 Å². The molecule has 0 saturated carbocycles. The van der Waals surface area contributed by atoms with Gasteiger partial charge in [-0.1, -0.05) is 42.1 Å². The quantitative estimate of drug-likeness (QED) is 0.512. The Hall–Kier alpha value is -3.00. The van der Waals surface area contributed by atoms with Crippen molar-refractivity contribution in [2.45, 2.75) is 12.1 Å². The number of carbonyl (C=O) groups excluding carboxylic acids is 1. The van der Waals surface area contributed by atoms with Crippen molar-refractivity contribution in [3.05, 3.63) is 54.1 Å². The van der Waals surface area contributed by atoms with E-state index < -0.39 is 0 Å². The van der Waals surface area contributed by atoms with Crippen LogP contribution in [0.5, 0.6) is 5.75 Å². The van der Waals surface area contributed by atoms with Crippen molar-refractivity contribution in [3.63, 3.8) is 0 Å². The third kappa shape index (κ3) is 3.97. The molecule has 0 unspecified atom stereocenters. The Labute approximate surface area is 155 Å². The molecular weight excluding hydrogens is 350 g/mol. The molecule has 1 aromatic heterocycles. The predicted molar refractivity (Wildman–Crippen MR) is 103 cm³/mol. The van der Waals surface area contributed by atoms with Gasteiger partial charge < -0.3 is 15.9 Å². The summed E-state index contributed by atoms with van der Waals surface area (Å²) in [5, 5.41) is 11.5. The SMILES string of the molecule is COc1cccc(NC(=O)CSc2nnc(-c3ccccc3C)n2N)c1. The molecule has 2 aromatic carbocycles. The Balaban J connectivity index is 1.65. The number of anilines is 1. The van der Waals surface area contributed by atoms with Gasteiger partial charge in [-0.25, -0.2) is 4.68 Å². The monoisotopic (exact) mass is 369 g/mol. The number of nitrogens with one attached hydrogen (secondary N) is 1. The molecule has 0 atom stereocenters. The highest BCUT2D eigenvalue weighted by Crippen LogP contribution is 2.24. The maximum atomic E-state index is 12.2. The molecule has 3 aromatic rings. The van der Waals surface area contributed by atoms with Crippen LogP contribution < -0.4 is 15.9 Å². The largest absolute Gasteiger partial charge is 0.497 e. The first-order valence-corrected chi connectivity index (χ1v) is 8.90. The van der Waals surface area contributed by atoms with E-state index in [4.69, 9.17) is 10.6 Å². The smallest absolute Gasteiger partial charge is 0.234 e. The van der Waals surface area contributed by atoms with Crippen molar-refractivity contribution in [2.24, 2.45) is 0 Å². The highest BCUT2D eigenvalue weighted by molar-refractivity contribution is 7.99. The van der Waals surface area contributed by atoms with Crippen LogP contribution in [0.15, 0.2) is 53.7 Å². The number of ether oxygens (including phenoxy) is 1. The second-order valence-electron chi connectivity index (χ2n) is 5.56. The van der Waals surface area contributed by atoms with Gasteiger partial charge in [0.05, 0.1) is 12.9 Å². The maximum absolute atomic E-state index is 12.2. The number of hydrogen-bond acceptors (Lipinski definition) is 6. The van der Waals surface area contributed by atoms with Gasteiger partial charge in [0.1, 0.15) is 5.75 Å². The number of amides is 1. The fourth-order valence-corrected chi connectivity index (χ4v) is 3.07. The number of methoxy groups -OCH3 is 1. The second kappa shape index (κ2) is 7.92. The lowest BCUT2D eigenvalue weighted by molar-refractivity contribution is -0.113. The molecule has 3 N–H and O–H groups in total. The lowest BCUT2D eigenvalue weighted by Crippen LogP contribution is -2.16. The zero-order chi connectivity index (χ0) is 18.5. The van der Waals surface area contributed by atoms with Crippen molar-refractivity contribution in [1.29, 1.82) is 0 Å². The topological polar surface area (TPSA) is 95.1 Å². The van der Waals surface area contributed by atoms with E-state index in [9.17, 15) is 4.79 Å².